The van der Waals surface area contributed by atoms with Crippen molar-refractivity contribution in [3.63, 3.8) is 0 Å². The van der Waals surface area contributed by atoms with Crippen LogP contribution in [0.2, 0.25) is 0 Å². The fourth-order valence-electron chi connectivity index (χ4n) is 2.45. The number of piperazine rings is 1. The lowest BCUT2D eigenvalue weighted by molar-refractivity contribution is 0.0886. The maximum Gasteiger partial charge on any atom is 0.409 e. The molecule has 0 unspecified atom stereocenters. The first kappa shape index (κ1) is 14.7. The highest BCUT2D eigenvalue weighted by Gasteiger charge is 2.22. The van der Waals surface area contributed by atoms with Crippen molar-refractivity contribution in [2.24, 2.45) is 0 Å². The van der Waals surface area contributed by atoms with Crippen molar-refractivity contribution >= 4 is 6.09 Å². The second kappa shape index (κ2) is 6.13. The second-order valence-corrected chi connectivity index (χ2v) is 5.30. The third-order valence-corrected chi connectivity index (χ3v) is 3.89. The van der Waals surface area contributed by atoms with Crippen LogP contribution in [0.3, 0.4) is 0 Å². The third kappa shape index (κ3) is 3.22. The molecule has 1 saturated heterocycles. The predicted octanol–water partition coefficient (Wildman–Crippen LogP) is 1.89. The van der Waals surface area contributed by atoms with Gasteiger partial charge in [-0.2, -0.15) is 0 Å². The number of ether oxygens (including phenoxy) is 1. The molecule has 1 heterocycles. The van der Waals surface area contributed by atoms with Crippen molar-refractivity contribution in [1.29, 1.82) is 0 Å². The summed E-state index contributed by atoms with van der Waals surface area (Å²) in [7, 11) is 1.40. The average molecular weight is 278 g/mol. The largest absolute Gasteiger partial charge is 0.508 e. The fraction of sp³-hybridized carbons (Fsp3) is 0.533. The van der Waals surface area contributed by atoms with Gasteiger partial charge in [0.05, 0.1) is 7.11 Å². The number of rotatable bonds is 2. The zero-order valence-electron chi connectivity index (χ0n) is 12.3. The summed E-state index contributed by atoms with van der Waals surface area (Å²) < 4.78 is 4.72. The molecular weight excluding hydrogens is 256 g/mol. The Balaban J connectivity index is 1.96. The van der Waals surface area contributed by atoms with Gasteiger partial charge >= 0.3 is 6.09 Å². The molecular formula is C15H22N2O3. The number of hydrogen-bond acceptors (Lipinski definition) is 4. The Morgan fingerprint density at radius 1 is 1.20 bits per heavy atom. The summed E-state index contributed by atoms with van der Waals surface area (Å²) in [6.07, 6.45) is -0.265. The zero-order valence-corrected chi connectivity index (χ0v) is 12.3. The summed E-state index contributed by atoms with van der Waals surface area (Å²) in [6.45, 7) is 7.67. The molecule has 1 aliphatic rings. The summed E-state index contributed by atoms with van der Waals surface area (Å²) in [4.78, 5) is 15.4. The van der Waals surface area contributed by atoms with Gasteiger partial charge in [0.25, 0.3) is 0 Å². The van der Waals surface area contributed by atoms with E-state index in [2.05, 4.69) is 4.90 Å². The molecule has 0 atom stereocenters. The van der Waals surface area contributed by atoms with Crippen LogP contribution in [0.5, 0.6) is 5.75 Å². The first-order valence-corrected chi connectivity index (χ1v) is 6.85. The highest BCUT2D eigenvalue weighted by atomic mass is 16.5. The molecule has 0 aromatic heterocycles. The van der Waals surface area contributed by atoms with E-state index in [1.54, 1.807) is 4.90 Å². The molecule has 0 bridgehead atoms. The molecule has 5 nitrogen and oxygen atoms in total. The van der Waals surface area contributed by atoms with Gasteiger partial charge in [0.2, 0.25) is 0 Å². The normalized spacial score (nSPS) is 16.2. The number of aromatic hydroxyl groups is 1. The number of aryl methyl sites for hydroxylation is 2. The summed E-state index contributed by atoms with van der Waals surface area (Å²) in [5.74, 6) is 0.350. The molecule has 0 aliphatic carbocycles. The van der Waals surface area contributed by atoms with Crippen molar-refractivity contribution in [1.82, 2.24) is 9.80 Å². The van der Waals surface area contributed by atoms with Gasteiger partial charge in [-0.3, -0.25) is 4.90 Å². The first-order chi connectivity index (χ1) is 9.51. The molecule has 2 rings (SSSR count). The van der Waals surface area contributed by atoms with Gasteiger partial charge in [0.15, 0.2) is 0 Å². The van der Waals surface area contributed by atoms with Crippen LogP contribution in [-0.4, -0.2) is 54.3 Å². The van der Waals surface area contributed by atoms with Crippen LogP contribution in [0.1, 0.15) is 16.7 Å². The van der Waals surface area contributed by atoms with Gasteiger partial charge in [-0.1, -0.05) is 6.07 Å². The molecule has 1 amide bonds. The Morgan fingerprint density at radius 2 is 1.80 bits per heavy atom. The minimum atomic E-state index is -0.265. The molecule has 20 heavy (non-hydrogen) atoms. The number of phenolic OH excluding ortho intramolecular Hbond substituents is 1. The molecule has 1 aromatic carbocycles. The quantitative estimate of drug-likeness (QED) is 0.897. The predicted molar refractivity (Wildman–Crippen MR) is 76.8 cm³/mol. The van der Waals surface area contributed by atoms with Crippen LogP contribution in [0, 0.1) is 13.8 Å². The van der Waals surface area contributed by atoms with E-state index < -0.39 is 0 Å². The van der Waals surface area contributed by atoms with E-state index >= 15 is 0 Å². The summed E-state index contributed by atoms with van der Waals surface area (Å²) in [5.41, 5.74) is 3.23. The van der Waals surface area contributed by atoms with Gasteiger partial charge in [-0.25, -0.2) is 4.79 Å². The molecule has 0 radical (unpaired) electrons. The van der Waals surface area contributed by atoms with Crippen molar-refractivity contribution in [3.05, 3.63) is 28.8 Å². The number of hydrogen-bond donors (Lipinski definition) is 1. The van der Waals surface area contributed by atoms with Gasteiger partial charge in [-0.15, -0.1) is 0 Å². The van der Waals surface area contributed by atoms with Crippen LogP contribution >= 0.6 is 0 Å². The zero-order chi connectivity index (χ0) is 14.7. The lowest BCUT2D eigenvalue weighted by Gasteiger charge is -2.33. The van der Waals surface area contributed by atoms with Crippen LogP contribution in [0.25, 0.3) is 0 Å². The SMILES string of the molecule is COC(=O)N1CCN(Cc2cc(C)c(C)cc2O)CC1. The molecule has 0 spiro atoms. The Kier molecular flexibility index (Phi) is 4.49. The van der Waals surface area contributed by atoms with E-state index in [0.29, 0.717) is 25.4 Å². The second-order valence-electron chi connectivity index (χ2n) is 5.30. The van der Waals surface area contributed by atoms with Crippen molar-refractivity contribution in [2.75, 3.05) is 33.3 Å². The van der Waals surface area contributed by atoms with Gasteiger partial charge in [0.1, 0.15) is 5.75 Å². The number of phenols is 1. The Hall–Kier alpha value is -1.75. The lowest BCUT2D eigenvalue weighted by atomic mass is 10.0. The Morgan fingerprint density at radius 3 is 2.40 bits per heavy atom. The third-order valence-electron chi connectivity index (χ3n) is 3.89. The number of amides is 1. The smallest absolute Gasteiger partial charge is 0.409 e. The molecule has 1 aliphatic heterocycles. The van der Waals surface area contributed by atoms with E-state index in [1.807, 2.05) is 26.0 Å². The molecule has 5 heteroatoms. The molecule has 0 saturated carbocycles. The van der Waals surface area contributed by atoms with Crippen LogP contribution in [0.15, 0.2) is 12.1 Å². The minimum absolute atomic E-state index is 0.265. The number of methoxy groups -OCH3 is 1. The standard InChI is InChI=1S/C15H22N2O3/c1-11-8-13(14(18)9-12(11)2)10-16-4-6-17(7-5-16)15(19)20-3/h8-9,18H,4-7,10H2,1-3H3. The maximum atomic E-state index is 11.4. The highest BCUT2D eigenvalue weighted by molar-refractivity contribution is 5.67. The van der Waals surface area contributed by atoms with Crippen molar-refractivity contribution in [3.8, 4) is 5.75 Å². The van der Waals surface area contributed by atoms with Crippen molar-refractivity contribution in [2.45, 2.75) is 20.4 Å². The van der Waals surface area contributed by atoms with E-state index in [-0.39, 0.29) is 6.09 Å². The number of carbonyl (C=O) groups excluding carboxylic acids is 1. The summed E-state index contributed by atoms with van der Waals surface area (Å²) in [5, 5.41) is 10.0. The Labute approximate surface area is 119 Å². The minimum Gasteiger partial charge on any atom is -0.508 e. The van der Waals surface area contributed by atoms with Gasteiger partial charge in [-0.05, 0) is 31.0 Å². The maximum absolute atomic E-state index is 11.4. The van der Waals surface area contributed by atoms with Gasteiger partial charge < -0.3 is 14.7 Å². The number of nitrogens with zero attached hydrogens (tertiary/aromatic N) is 2. The van der Waals surface area contributed by atoms with Crippen LogP contribution < -0.4 is 0 Å². The number of carbonyl (C=O) groups is 1. The molecule has 110 valence electrons. The van der Waals surface area contributed by atoms with Crippen LogP contribution in [0.4, 0.5) is 4.79 Å². The molecule has 1 fully saturated rings. The number of benzene rings is 1. The summed E-state index contributed by atoms with van der Waals surface area (Å²) >= 11 is 0. The Bertz CT molecular complexity index is 494. The monoisotopic (exact) mass is 278 g/mol. The van der Waals surface area contributed by atoms with Crippen molar-refractivity contribution < 1.29 is 14.6 Å². The van der Waals surface area contributed by atoms with E-state index in [9.17, 15) is 9.90 Å². The van der Waals surface area contributed by atoms with E-state index in [4.69, 9.17) is 4.74 Å². The fourth-order valence-corrected chi connectivity index (χ4v) is 2.45. The molecule has 1 N–H and O–H groups in total. The van der Waals surface area contributed by atoms with E-state index in [0.717, 1.165) is 24.2 Å². The highest BCUT2D eigenvalue weighted by Crippen LogP contribution is 2.23. The summed E-state index contributed by atoms with van der Waals surface area (Å²) in [6, 6.07) is 3.85. The van der Waals surface area contributed by atoms with Gasteiger partial charge in [0, 0.05) is 38.3 Å². The average Bonchev–Trinajstić information content (AvgIpc) is 2.44. The first-order valence-electron chi connectivity index (χ1n) is 6.85. The van der Waals surface area contributed by atoms with Crippen LogP contribution in [-0.2, 0) is 11.3 Å². The molecule has 1 aromatic rings. The van der Waals surface area contributed by atoms with E-state index in [1.165, 1.54) is 12.7 Å². The lowest BCUT2D eigenvalue weighted by Crippen LogP contribution is -2.48. The topological polar surface area (TPSA) is 53.0 Å².